The van der Waals surface area contributed by atoms with Crippen LogP contribution in [0.4, 0.5) is 0 Å². The third kappa shape index (κ3) is 9.73. The van der Waals surface area contributed by atoms with Crippen LogP contribution in [0.1, 0.15) is 41.0 Å². The molecular formula is C12H30N2O2Si. The molecule has 1 atom stereocenters. The molecule has 5 heteroatoms. The van der Waals surface area contributed by atoms with Gasteiger partial charge in [-0.25, -0.2) is 0 Å². The lowest BCUT2D eigenvalue weighted by Gasteiger charge is -2.31. The lowest BCUT2D eigenvalue weighted by molar-refractivity contribution is 0.109. The van der Waals surface area contributed by atoms with E-state index in [0.717, 1.165) is 19.0 Å². The van der Waals surface area contributed by atoms with Crippen molar-refractivity contribution in [2.45, 2.75) is 72.0 Å². The van der Waals surface area contributed by atoms with E-state index in [4.69, 9.17) is 14.6 Å². The van der Waals surface area contributed by atoms with Crippen LogP contribution in [0.3, 0.4) is 0 Å². The summed E-state index contributed by atoms with van der Waals surface area (Å²) in [5, 5.41) is 3.21. The molecule has 0 saturated carbocycles. The van der Waals surface area contributed by atoms with Gasteiger partial charge in [-0.2, -0.15) is 0 Å². The van der Waals surface area contributed by atoms with Crippen LogP contribution in [-0.4, -0.2) is 33.5 Å². The first-order valence-corrected chi connectivity index (χ1v) is 9.12. The second-order valence-electron chi connectivity index (χ2n) is 5.31. The molecule has 0 aliphatic rings. The standard InChI is InChI=1S/C12H30N2O2Si/c1-10(2)15-17(6,16-11(3)4)9-7-8-14-12(5)13/h10-12,14H,7-9,13H2,1-6H3. The highest BCUT2D eigenvalue weighted by Crippen LogP contribution is 2.19. The summed E-state index contributed by atoms with van der Waals surface area (Å²) < 4.78 is 12.0. The molecule has 0 spiro atoms. The van der Waals surface area contributed by atoms with Crippen LogP contribution in [-0.2, 0) is 8.85 Å². The van der Waals surface area contributed by atoms with Crippen molar-refractivity contribution < 1.29 is 8.85 Å². The van der Waals surface area contributed by atoms with Gasteiger partial charge in [0.1, 0.15) is 0 Å². The maximum atomic E-state index is 6.01. The molecule has 0 aromatic rings. The minimum atomic E-state index is -2.03. The third-order valence-corrected chi connectivity index (χ3v) is 5.45. The summed E-state index contributed by atoms with van der Waals surface area (Å²) >= 11 is 0. The van der Waals surface area contributed by atoms with Gasteiger partial charge < -0.3 is 19.9 Å². The van der Waals surface area contributed by atoms with E-state index in [1.54, 1.807) is 0 Å². The van der Waals surface area contributed by atoms with E-state index in [-0.39, 0.29) is 18.4 Å². The molecular weight excluding hydrogens is 232 g/mol. The second kappa shape index (κ2) is 8.21. The van der Waals surface area contributed by atoms with Crippen molar-refractivity contribution in [1.29, 1.82) is 0 Å². The molecule has 3 N–H and O–H groups in total. The summed E-state index contributed by atoms with van der Waals surface area (Å²) in [7, 11) is -2.03. The van der Waals surface area contributed by atoms with Gasteiger partial charge in [-0.3, -0.25) is 0 Å². The Balaban J connectivity index is 4.09. The highest BCUT2D eigenvalue weighted by molar-refractivity contribution is 6.66. The summed E-state index contributed by atoms with van der Waals surface area (Å²) in [4.78, 5) is 0. The smallest absolute Gasteiger partial charge is 0.335 e. The van der Waals surface area contributed by atoms with E-state index in [2.05, 4.69) is 39.6 Å². The van der Waals surface area contributed by atoms with Gasteiger partial charge in [-0.05, 0) is 60.2 Å². The molecule has 4 nitrogen and oxygen atoms in total. The number of hydrogen-bond donors (Lipinski definition) is 2. The van der Waals surface area contributed by atoms with Crippen molar-refractivity contribution >= 4 is 8.56 Å². The Morgan fingerprint density at radius 2 is 1.53 bits per heavy atom. The van der Waals surface area contributed by atoms with E-state index >= 15 is 0 Å². The van der Waals surface area contributed by atoms with E-state index in [1.165, 1.54) is 0 Å². The topological polar surface area (TPSA) is 56.5 Å². The van der Waals surface area contributed by atoms with Crippen LogP contribution in [0.2, 0.25) is 12.6 Å². The number of nitrogens with two attached hydrogens (primary N) is 1. The van der Waals surface area contributed by atoms with Gasteiger partial charge in [0.05, 0.1) is 6.17 Å². The molecule has 0 aromatic heterocycles. The molecule has 104 valence electrons. The van der Waals surface area contributed by atoms with Crippen molar-refractivity contribution in [2.75, 3.05) is 6.54 Å². The Hall–Kier alpha value is 0.0569. The summed E-state index contributed by atoms with van der Waals surface area (Å²) in [5.74, 6) is 0. The molecule has 0 amide bonds. The monoisotopic (exact) mass is 262 g/mol. The SMILES string of the molecule is CC(N)NCCC[Si](C)(OC(C)C)OC(C)C. The number of hydrogen-bond acceptors (Lipinski definition) is 4. The zero-order valence-corrected chi connectivity index (χ0v) is 13.2. The quantitative estimate of drug-likeness (QED) is 0.380. The predicted octanol–water partition coefficient (Wildman–Crippen LogP) is 2.19. The minimum absolute atomic E-state index is 0.0555. The number of nitrogens with one attached hydrogen (secondary N) is 1. The Kier molecular flexibility index (Phi) is 8.24. The van der Waals surface area contributed by atoms with Crippen LogP contribution < -0.4 is 11.1 Å². The molecule has 0 saturated heterocycles. The van der Waals surface area contributed by atoms with E-state index in [0.29, 0.717) is 0 Å². The maximum Gasteiger partial charge on any atom is 0.335 e. The molecule has 0 fully saturated rings. The Labute approximate surface area is 107 Å². The molecule has 0 rings (SSSR count). The molecule has 0 radical (unpaired) electrons. The fraction of sp³-hybridized carbons (Fsp3) is 1.00. The van der Waals surface area contributed by atoms with Crippen molar-refractivity contribution in [2.24, 2.45) is 5.73 Å². The molecule has 0 heterocycles. The first-order chi connectivity index (χ1) is 7.75. The van der Waals surface area contributed by atoms with Crippen molar-refractivity contribution in [3.05, 3.63) is 0 Å². The summed E-state index contributed by atoms with van der Waals surface area (Å²) in [6, 6.07) is 1.00. The van der Waals surface area contributed by atoms with E-state index < -0.39 is 8.56 Å². The van der Waals surface area contributed by atoms with Crippen LogP contribution in [0.5, 0.6) is 0 Å². The lowest BCUT2D eigenvalue weighted by atomic mass is 10.4. The molecule has 0 aromatic carbocycles. The lowest BCUT2D eigenvalue weighted by Crippen LogP contribution is -2.44. The number of rotatable bonds is 9. The Morgan fingerprint density at radius 1 is 1.06 bits per heavy atom. The average molecular weight is 262 g/mol. The average Bonchev–Trinajstić information content (AvgIpc) is 2.09. The highest BCUT2D eigenvalue weighted by Gasteiger charge is 2.33. The van der Waals surface area contributed by atoms with Gasteiger partial charge in [0.2, 0.25) is 0 Å². The van der Waals surface area contributed by atoms with Crippen molar-refractivity contribution in [3.8, 4) is 0 Å². The van der Waals surface area contributed by atoms with E-state index in [1.807, 2.05) is 6.92 Å². The largest absolute Gasteiger partial charge is 0.392 e. The van der Waals surface area contributed by atoms with Gasteiger partial charge in [0, 0.05) is 12.2 Å². The van der Waals surface area contributed by atoms with Crippen LogP contribution in [0.25, 0.3) is 0 Å². The summed E-state index contributed by atoms with van der Waals surface area (Å²) in [6.07, 6.45) is 1.56. The predicted molar refractivity (Wildman–Crippen MR) is 75.1 cm³/mol. The van der Waals surface area contributed by atoms with Crippen molar-refractivity contribution in [1.82, 2.24) is 5.32 Å². The molecule has 17 heavy (non-hydrogen) atoms. The zero-order chi connectivity index (χ0) is 13.5. The normalized spacial score (nSPS) is 14.6. The molecule has 0 bridgehead atoms. The first kappa shape index (κ1) is 17.1. The van der Waals surface area contributed by atoms with Gasteiger partial charge in [-0.15, -0.1) is 0 Å². The fourth-order valence-electron chi connectivity index (χ4n) is 1.88. The summed E-state index contributed by atoms with van der Waals surface area (Å²) in [5.41, 5.74) is 5.64. The summed E-state index contributed by atoms with van der Waals surface area (Å²) in [6.45, 7) is 13.3. The van der Waals surface area contributed by atoms with E-state index in [9.17, 15) is 0 Å². The minimum Gasteiger partial charge on any atom is -0.392 e. The zero-order valence-electron chi connectivity index (χ0n) is 12.2. The van der Waals surface area contributed by atoms with Crippen LogP contribution in [0, 0.1) is 0 Å². The highest BCUT2D eigenvalue weighted by atomic mass is 28.4. The van der Waals surface area contributed by atoms with Gasteiger partial charge in [-0.1, -0.05) is 0 Å². The Morgan fingerprint density at radius 3 is 1.88 bits per heavy atom. The van der Waals surface area contributed by atoms with Crippen LogP contribution >= 0.6 is 0 Å². The molecule has 0 aliphatic heterocycles. The van der Waals surface area contributed by atoms with Crippen molar-refractivity contribution in [3.63, 3.8) is 0 Å². The third-order valence-electron chi connectivity index (χ3n) is 2.24. The Bertz CT molecular complexity index is 189. The fourth-order valence-corrected chi connectivity index (χ4v) is 4.99. The van der Waals surface area contributed by atoms with Gasteiger partial charge in [0.15, 0.2) is 0 Å². The maximum absolute atomic E-state index is 6.01. The van der Waals surface area contributed by atoms with Gasteiger partial charge >= 0.3 is 8.56 Å². The molecule has 0 aliphatic carbocycles. The first-order valence-electron chi connectivity index (χ1n) is 6.60. The second-order valence-corrected chi connectivity index (χ2v) is 8.55. The van der Waals surface area contributed by atoms with Crippen LogP contribution in [0.15, 0.2) is 0 Å². The van der Waals surface area contributed by atoms with Gasteiger partial charge in [0.25, 0.3) is 0 Å². The molecule has 1 unspecified atom stereocenters.